The van der Waals surface area contributed by atoms with Gasteiger partial charge in [0.25, 0.3) is 5.91 Å². The topological polar surface area (TPSA) is 143 Å². The Morgan fingerprint density at radius 3 is 2.60 bits per heavy atom. The summed E-state index contributed by atoms with van der Waals surface area (Å²) in [4.78, 5) is 36.1. The molecule has 1 amide bonds. The Morgan fingerprint density at radius 1 is 1.55 bits per heavy atom. The average Bonchev–Trinajstić information content (AvgIpc) is 2.33. The smallest absolute Gasteiger partial charge is 0.328 e. The molecule has 10 heteroatoms. The van der Waals surface area contributed by atoms with Crippen molar-refractivity contribution in [3.05, 3.63) is 33.1 Å². The van der Waals surface area contributed by atoms with E-state index in [2.05, 4.69) is 4.98 Å². The summed E-state index contributed by atoms with van der Waals surface area (Å²) in [7, 11) is 0. The van der Waals surface area contributed by atoms with E-state index in [1.807, 2.05) is 5.32 Å². The number of aliphatic carboxylic acids is 1. The number of nitro groups is 1. The molecule has 1 heterocycles. The number of pyridine rings is 1. The number of nitrogens with zero attached hydrogens (tertiary/aromatic N) is 2. The summed E-state index contributed by atoms with van der Waals surface area (Å²) in [5.41, 5.74) is -1.18. The molecule has 1 aromatic heterocycles. The zero-order chi connectivity index (χ0) is 15.4. The lowest BCUT2D eigenvalue weighted by Gasteiger charge is -2.16. The quantitative estimate of drug-likeness (QED) is 0.400. The van der Waals surface area contributed by atoms with Crippen molar-refractivity contribution in [3.8, 4) is 0 Å². The van der Waals surface area contributed by atoms with E-state index in [9.17, 15) is 24.8 Å². The lowest BCUT2D eigenvalue weighted by Crippen LogP contribution is -2.47. The Labute approximate surface area is 117 Å². The molecule has 0 aromatic carbocycles. The van der Waals surface area contributed by atoms with E-state index >= 15 is 0 Å². The van der Waals surface area contributed by atoms with Crippen LogP contribution < -0.4 is 5.32 Å². The number of carbonyl (C=O) groups excluding carboxylic acids is 1. The van der Waals surface area contributed by atoms with Crippen LogP contribution in [-0.4, -0.2) is 44.1 Å². The third-order valence-corrected chi connectivity index (χ3v) is 2.62. The highest BCUT2D eigenvalue weighted by molar-refractivity contribution is 6.32. The molecule has 0 aliphatic carbocycles. The van der Waals surface area contributed by atoms with Gasteiger partial charge in [0.1, 0.15) is 5.56 Å². The molecule has 0 aliphatic rings. The molecule has 0 saturated carbocycles. The lowest BCUT2D eigenvalue weighted by atomic mass is 10.1. The van der Waals surface area contributed by atoms with Gasteiger partial charge < -0.3 is 15.5 Å². The van der Waals surface area contributed by atoms with Gasteiger partial charge in [0, 0.05) is 6.20 Å². The van der Waals surface area contributed by atoms with E-state index in [1.165, 1.54) is 0 Å². The highest BCUT2D eigenvalue weighted by atomic mass is 35.5. The van der Waals surface area contributed by atoms with Crippen LogP contribution in [0.5, 0.6) is 0 Å². The monoisotopic (exact) mass is 303 g/mol. The maximum atomic E-state index is 11.9. The standard InChI is InChI=1S/C10H10ClN3O6/c1-4(15)6(10(17)18)13-9(16)5-2-3-12-8(11)7(5)14(19)20/h2-4,6,15H,1H3,(H,13,16)(H,17,18). The molecule has 0 radical (unpaired) electrons. The van der Waals surface area contributed by atoms with Gasteiger partial charge in [0.2, 0.25) is 5.15 Å². The number of rotatable bonds is 5. The predicted octanol–water partition coefficient (Wildman–Crippen LogP) is 0.207. The van der Waals surface area contributed by atoms with E-state index in [1.54, 1.807) is 0 Å². The van der Waals surface area contributed by atoms with Crippen molar-refractivity contribution in [2.45, 2.75) is 19.1 Å². The van der Waals surface area contributed by atoms with Crippen LogP contribution in [0.25, 0.3) is 0 Å². The van der Waals surface area contributed by atoms with Crippen molar-refractivity contribution in [2.75, 3.05) is 0 Å². The summed E-state index contributed by atoms with van der Waals surface area (Å²) in [5, 5.41) is 30.4. The Bertz CT molecular complexity index is 562. The van der Waals surface area contributed by atoms with Crippen molar-refractivity contribution in [2.24, 2.45) is 0 Å². The van der Waals surface area contributed by atoms with Crippen molar-refractivity contribution >= 4 is 29.2 Å². The van der Waals surface area contributed by atoms with Gasteiger partial charge in [-0.2, -0.15) is 0 Å². The van der Waals surface area contributed by atoms with E-state index in [4.69, 9.17) is 16.7 Å². The predicted molar refractivity (Wildman–Crippen MR) is 66.5 cm³/mol. The maximum absolute atomic E-state index is 11.9. The van der Waals surface area contributed by atoms with E-state index in [0.29, 0.717) is 0 Å². The minimum Gasteiger partial charge on any atom is -0.480 e. The van der Waals surface area contributed by atoms with Gasteiger partial charge in [-0.3, -0.25) is 14.9 Å². The molecule has 0 aliphatic heterocycles. The molecule has 0 spiro atoms. The molecule has 20 heavy (non-hydrogen) atoms. The molecule has 9 nitrogen and oxygen atoms in total. The van der Waals surface area contributed by atoms with Gasteiger partial charge in [0.15, 0.2) is 6.04 Å². The number of aliphatic hydroxyl groups excluding tert-OH is 1. The molecule has 1 rings (SSSR count). The molecule has 0 fully saturated rings. The average molecular weight is 304 g/mol. The van der Waals surface area contributed by atoms with Crippen molar-refractivity contribution in [1.29, 1.82) is 0 Å². The molecule has 0 saturated heterocycles. The second-order valence-electron chi connectivity index (χ2n) is 3.79. The third-order valence-electron chi connectivity index (χ3n) is 2.34. The number of aromatic nitrogens is 1. The van der Waals surface area contributed by atoms with Crippen molar-refractivity contribution in [3.63, 3.8) is 0 Å². The highest BCUT2D eigenvalue weighted by Crippen LogP contribution is 2.25. The van der Waals surface area contributed by atoms with Gasteiger partial charge in [-0.1, -0.05) is 11.6 Å². The Morgan fingerprint density at radius 2 is 2.15 bits per heavy atom. The number of carboxylic acids is 1. The summed E-state index contributed by atoms with van der Waals surface area (Å²) in [6.45, 7) is 1.16. The van der Waals surface area contributed by atoms with Crippen molar-refractivity contribution in [1.82, 2.24) is 10.3 Å². The number of hydrogen-bond donors (Lipinski definition) is 3. The lowest BCUT2D eigenvalue weighted by molar-refractivity contribution is -0.385. The van der Waals surface area contributed by atoms with Gasteiger partial charge in [0.05, 0.1) is 11.0 Å². The van der Waals surface area contributed by atoms with E-state index in [0.717, 1.165) is 19.2 Å². The Balaban J connectivity index is 3.13. The number of carboxylic acid groups (broad SMARTS) is 1. The molecule has 2 atom stereocenters. The first-order chi connectivity index (χ1) is 9.25. The van der Waals surface area contributed by atoms with Gasteiger partial charge in [-0.05, 0) is 13.0 Å². The van der Waals surface area contributed by atoms with Crippen LogP contribution in [0, 0.1) is 10.1 Å². The largest absolute Gasteiger partial charge is 0.480 e. The van der Waals surface area contributed by atoms with Crippen LogP contribution in [0.2, 0.25) is 5.15 Å². The van der Waals surface area contributed by atoms with Crippen LogP contribution >= 0.6 is 11.6 Å². The first-order valence-corrected chi connectivity index (χ1v) is 5.64. The first kappa shape index (κ1) is 15.8. The van der Waals surface area contributed by atoms with Gasteiger partial charge in [-0.15, -0.1) is 0 Å². The second kappa shape index (κ2) is 6.26. The summed E-state index contributed by atoms with van der Waals surface area (Å²) < 4.78 is 0. The number of nitrogens with one attached hydrogen (secondary N) is 1. The van der Waals surface area contributed by atoms with Crippen LogP contribution in [-0.2, 0) is 4.79 Å². The van der Waals surface area contributed by atoms with Gasteiger partial charge >= 0.3 is 11.7 Å². The minimum atomic E-state index is -1.60. The number of aliphatic hydroxyl groups is 1. The van der Waals surface area contributed by atoms with E-state index in [-0.39, 0.29) is 0 Å². The van der Waals surface area contributed by atoms with Crippen LogP contribution in [0.1, 0.15) is 17.3 Å². The summed E-state index contributed by atoms with van der Waals surface area (Å²) in [6, 6.07) is -0.575. The second-order valence-corrected chi connectivity index (χ2v) is 4.14. The summed E-state index contributed by atoms with van der Waals surface area (Å²) in [5.74, 6) is -2.52. The summed E-state index contributed by atoms with van der Waals surface area (Å²) >= 11 is 5.53. The minimum absolute atomic E-state index is 0.443. The van der Waals surface area contributed by atoms with Crippen LogP contribution in [0.3, 0.4) is 0 Å². The number of amides is 1. The third kappa shape index (κ3) is 3.39. The first-order valence-electron chi connectivity index (χ1n) is 5.26. The van der Waals surface area contributed by atoms with Crippen molar-refractivity contribution < 1.29 is 24.7 Å². The van der Waals surface area contributed by atoms with E-state index < -0.39 is 45.3 Å². The highest BCUT2D eigenvalue weighted by Gasteiger charge is 2.30. The fraction of sp³-hybridized carbons (Fsp3) is 0.300. The molecule has 3 N–H and O–H groups in total. The number of hydrogen-bond acceptors (Lipinski definition) is 6. The molecular weight excluding hydrogens is 294 g/mol. The number of carbonyl (C=O) groups is 2. The number of halogens is 1. The maximum Gasteiger partial charge on any atom is 0.328 e. The fourth-order valence-electron chi connectivity index (χ4n) is 1.39. The SMILES string of the molecule is CC(O)C(NC(=O)c1ccnc(Cl)c1[N+](=O)[O-])C(=O)O. The Hall–Kier alpha value is -2.26. The molecular formula is C10H10ClN3O6. The molecule has 108 valence electrons. The Kier molecular flexibility index (Phi) is 4.94. The molecule has 2 unspecified atom stereocenters. The molecule has 1 aromatic rings. The van der Waals surface area contributed by atoms with Crippen LogP contribution in [0.4, 0.5) is 5.69 Å². The molecule has 0 bridgehead atoms. The van der Waals surface area contributed by atoms with Crippen LogP contribution in [0.15, 0.2) is 12.3 Å². The van der Waals surface area contributed by atoms with Gasteiger partial charge in [-0.25, -0.2) is 9.78 Å². The normalized spacial score (nSPS) is 13.3. The zero-order valence-corrected chi connectivity index (χ0v) is 10.9. The fourth-order valence-corrected chi connectivity index (χ4v) is 1.62. The summed E-state index contributed by atoms with van der Waals surface area (Å²) in [6.07, 6.45) is -0.310. The zero-order valence-electron chi connectivity index (χ0n) is 10.1.